The molecule has 0 fully saturated rings. The Morgan fingerprint density at radius 1 is 1.15 bits per heavy atom. The van der Waals surface area contributed by atoms with Crippen LogP contribution in [0.4, 0.5) is 10.5 Å². The smallest absolute Gasteiger partial charge is 0.421 e. The van der Waals surface area contributed by atoms with E-state index in [2.05, 4.69) is 15.9 Å². The van der Waals surface area contributed by atoms with E-state index in [1.54, 1.807) is 51.1 Å². The van der Waals surface area contributed by atoms with Crippen molar-refractivity contribution in [2.24, 2.45) is 0 Å². The van der Waals surface area contributed by atoms with E-state index in [0.29, 0.717) is 21.3 Å². The molecule has 1 atom stereocenters. The number of hydrogen-bond donors (Lipinski definition) is 0. The van der Waals surface area contributed by atoms with Crippen LogP contribution in [0.15, 0.2) is 46.9 Å². The molecule has 1 heterocycles. The molecule has 2 amide bonds. The summed E-state index contributed by atoms with van der Waals surface area (Å²) in [6.45, 7) is 5.21. The SMILES string of the molecule is CC(C)(C)OC(=O)N1C(=O)[C@]2(Cc3ccccc3C2=O)c2ccc(Br)cc21. The van der Waals surface area contributed by atoms with Gasteiger partial charge >= 0.3 is 6.09 Å². The van der Waals surface area contributed by atoms with E-state index in [1.165, 1.54) is 0 Å². The molecule has 0 saturated carbocycles. The highest BCUT2D eigenvalue weighted by Crippen LogP contribution is 2.50. The lowest BCUT2D eigenvalue weighted by atomic mass is 9.78. The molecular weight excluding hydrogens is 410 g/mol. The fraction of sp³-hybridized carbons (Fsp3) is 0.286. The van der Waals surface area contributed by atoms with Crippen LogP contribution in [-0.2, 0) is 21.4 Å². The Morgan fingerprint density at radius 3 is 2.52 bits per heavy atom. The maximum absolute atomic E-state index is 13.5. The summed E-state index contributed by atoms with van der Waals surface area (Å²) in [7, 11) is 0. The van der Waals surface area contributed by atoms with Crippen molar-refractivity contribution in [3.05, 3.63) is 63.6 Å². The van der Waals surface area contributed by atoms with E-state index in [4.69, 9.17) is 4.74 Å². The number of carbonyl (C=O) groups excluding carboxylic acids is 3. The van der Waals surface area contributed by atoms with Crippen molar-refractivity contribution in [3.8, 4) is 0 Å². The third kappa shape index (κ3) is 2.54. The van der Waals surface area contributed by atoms with Crippen molar-refractivity contribution in [3.63, 3.8) is 0 Å². The lowest BCUT2D eigenvalue weighted by Gasteiger charge is -2.25. The van der Waals surface area contributed by atoms with Crippen molar-refractivity contribution in [1.29, 1.82) is 0 Å². The minimum Gasteiger partial charge on any atom is -0.443 e. The van der Waals surface area contributed by atoms with Crippen LogP contribution >= 0.6 is 15.9 Å². The van der Waals surface area contributed by atoms with E-state index in [-0.39, 0.29) is 12.2 Å². The van der Waals surface area contributed by atoms with Crippen molar-refractivity contribution >= 4 is 39.4 Å². The topological polar surface area (TPSA) is 63.7 Å². The van der Waals surface area contributed by atoms with Gasteiger partial charge in [-0.25, -0.2) is 9.69 Å². The second kappa shape index (κ2) is 5.76. The van der Waals surface area contributed by atoms with Crippen LogP contribution in [0.2, 0.25) is 0 Å². The van der Waals surface area contributed by atoms with E-state index in [9.17, 15) is 14.4 Å². The summed E-state index contributed by atoms with van der Waals surface area (Å²) in [5.41, 5.74) is 0.118. The number of halogens is 1. The summed E-state index contributed by atoms with van der Waals surface area (Å²) in [6.07, 6.45) is -0.526. The van der Waals surface area contributed by atoms with Gasteiger partial charge in [0.2, 0.25) is 0 Å². The van der Waals surface area contributed by atoms with Gasteiger partial charge in [0.05, 0.1) is 5.69 Å². The molecule has 5 nitrogen and oxygen atoms in total. The van der Waals surface area contributed by atoms with Crippen LogP contribution in [0.3, 0.4) is 0 Å². The molecular formula is C21H18BrNO4. The number of rotatable bonds is 0. The summed E-state index contributed by atoms with van der Waals surface area (Å²) in [5, 5.41) is 0. The average Bonchev–Trinajstić information content (AvgIpc) is 3.00. The predicted molar refractivity (Wildman–Crippen MR) is 104 cm³/mol. The summed E-state index contributed by atoms with van der Waals surface area (Å²) >= 11 is 3.39. The van der Waals surface area contributed by atoms with Crippen LogP contribution in [0, 0.1) is 0 Å². The highest BCUT2D eigenvalue weighted by molar-refractivity contribution is 9.10. The molecule has 0 unspecified atom stereocenters. The van der Waals surface area contributed by atoms with E-state index in [0.717, 1.165) is 10.5 Å². The van der Waals surface area contributed by atoms with Gasteiger partial charge in [-0.05, 0) is 44.9 Å². The molecule has 0 saturated heterocycles. The average molecular weight is 428 g/mol. The second-order valence-electron chi connectivity index (χ2n) is 7.85. The number of nitrogens with zero attached hydrogens (tertiary/aromatic N) is 1. The zero-order valence-electron chi connectivity index (χ0n) is 15.2. The van der Waals surface area contributed by atoms with E-state index < -0.39 is 23.0 Å². The molecule has 4 rings (SSSR count). The quantitative estimate of drug-likeness (QED) is 0.584. The van der Waals surface area contributed by atoms with E-state index >= 15 is 0 Å². The van der Waals surface area contributed by atoms with Crippen molar-refractivity contribution in [1.82, 2.24) is 0 Å². The standard InChI is InChI=1S/C21H18BrNO4/c1-20(2,3)27-19(26)23-16-10-13(22)8-9-15(16)21(18(23)25)11-12-6-4-5-7-14(12)17(21)24/h4-10H,11H2,1-3H3/t21-/m1/s1. The van der Waals surface area contributed by atoms with Crippen LogP contribution in [-0.4, -0.2) is 23.4 Å². The molecule has 27 heavy (non-hydrogen) atoms. The lowest BCUT2D eigenvalue weighted by Crippen LogP contribution is -2.48. The third-order valence-electron chi connectivity index (χ3n) is 4.91. The zero-order valence-corrected chi connectivity index (χ0v) is 16.8. The number of imide groups is 1. The van der Waals surface area contributed by atoms with Crippen LogP contribution in [0.1, 0.15) is 42.3 Å². The van der Waals surface area contributed by atoms with Gasteiger partial charge in [0.15, 0.2) is 5.78 Å². The highest BCUT2D eigenvalue weighted by Gasteiger charge is 2.61. The number of amides is 2. The largest absolute Gasteiger partial charge is 0.443 e. The van der Waals surface area contributed by atoms with Crippen LogP contribution < -0.4 is 4.90 Å². The number of benzene rings is 2. The highest BCUT2D eigenvalue weighted by atomic mass is 79.9. The monoisotopic (exact) mass is 427 g/mol. The molecule has 1 aliphatic heterocycles. The Hall–Kier alpha value is -2.47. The maximum atomic E-state index is 13.5. The van der Waals surface area contributed by atoms with Gasteiger partial charge in [-0.15, -0.1) is 0 Å². The lowest BCUT2D eigenvalue weighted by molar-refractivity contribution is -0.121. The Kier molecular flexibility index (Phi) is 3.82. The number of Topliss-reactive ketones (excluding diaryl/α,β-unsaturated/α-hetero) is 1. The first kappa shape index (κ1) is 17.9. The van der Waals surface area contributed by atoms with Crippen LogP contribution in [0.5, 0.6) is 0 Å². The molecule has 138 valence electrons. The third-order valence-corrected chi connectivity index (χ3v) is 5.40. The number of fused-ring (bicyclic) bond motifs is 3. The fourth-order valence-electron chi connectivity index (χ4n) is 3.84. The minimum atomic E-state index is -1.41. The van der Waals surface area contributed by atoms with E-state index in [1.807, 2.05) is 12.1 Å². The molecule has 2 aliphatic rings. The first-order chi connectivity index (χ1) is 12.6. The summed E-state index contributed by atoms with van der Waals surface area (Å²) in [6, 6.07) is 12.4. The Morgan fingerprint density at radius 2 is 1.85 bits per heavy atom. The number of hydrogen-bond acceptors (Lipinski definition) is 4. The van der Waals surface area contributed by atoms with Gasteiger partial charge in [-0.1, -0.05) is 46.3 Å². The number of carbonyl (C=O) groups is 3. The molecule has 2 aromatic rings. The number of ketones is 1. The summed E-state index contributed by atoms with van der Waals surface area (Å²) < 4.78 is 6.15. The first-order valence-electron chi connectivity index (χ1n) is 8.65. The molecule has 0 N–H and O–H groups in total. The molecule has 0 bridgehead atoms. The van der Waals surface area contributed by atoms with Gasteiger partial charge < -0.3 is 4.74 Å². The summed E-state index contributed by atoms with van der Waals surface area (Å²) in [4.78, 5) is 40.6. The maximum Gasteiger partial charge on any atom is 0.421 e. The molecule has 0 aromatic heterocycles. The Balaban J connectivity index is 1.89. The number of ether oxygens (including phenoxy) is 1. The van der Waals surface area contributed by atoms with Gasteiger partial charge in [0.1, 0.15) is 11.0 Å². The zero-order chi connectivity index (χ0) is 19.6. The normalized spacial score (nSPS) is 20.8. The predicted octanol–water partition coefficient (Wildman–Crippen LogP) is 4.41. The molecule has 1 spiro atoms. The van der Waals surface area contributed by atoms with Crippen LogP contribution in [0.25, 0.3) is 0 Å². The molecule has 6 heteroatoms. The van der Waals surface area contributed by atoms with Gasteiger partial charge in [-0.3, -0.25) is 9.59 Å². The fourth-order valence-corrected chi connectivity index (χ4v) is 4.19. The molecule has 2 aromatic carbocycles. The molecule has 0 radical (unpaired) electrons. The van der Waals surface area contributed by atoms with Crippen molar-refractivity contribution < 1.29 is 19.1 Å². The van der Waals surface area contributed by atoms with Gasteiger partial charge in [0.25, 0.3) is 5.91 Å². The molecule has 1 aliphatic carbocycles. The summed E-state index contributed by atoms with van der Waals surface area (Å²) in [5.74, 6) is -0.816. The second-order valence-corrected chi connectivity index (χ2v) is 8.77. The van der Waals surface area contributed by atoms with Gasteiger partial charge in [-0.2, -0.15) is 0 Å². The Labute approximate surface area is 165 Å². The van der Waals surface area contributed by atoms with Gasteiger partial charge in [0, 0.05) is 15.6 Å². The van der Waals surface area contributed by atoms with Crippen molar-refractivity contribution in [2.75, 3.05) is 4.90 Å². The number of anilines is 1. The first-order valence-corrected chi connectivity index (χ1v) is 9.45. The Bertz CT molecular complexity index is 1010. The minimum absolute atomic E-state index is 0.245. The van der Waals surface area contributed by atoms with Crippen molar-refractivity contribution in [2.45, 2.75) is 38.2 Å².